The molecule has 0 saturated carbocycles. The van der Waals surface area contributed by atoms with E-state index >= 15 is 0 Å². The van der Waals surface area contributed by atoms with E-state index in [1.54, 1.807) is 18.2 Å². The number of carbonyl (C=O) groups is 3. The van der Waals surface area contributed by atoms with Gasteiger partial charge in [0.1, 0.15) is 10.3 Å². The van der Waals surface area contributed by atoms with E-state index < -0.39 is 17.7 Å². The summed E-state index contributed by atoms with van der Waals surface area (Å²) in [5, 5.41) is 4.58. The van der Waals surface area contributed by atoms with Crippen molar-refractivity contribution in [3.05, 3.63) is 66.4 Å². The van der Waals surface area contributed by atoms with E-state index in [1.807, 2.05) is 0 Å². The van der Waals surface area contributed by atoms with Crippen LogP contribution < -0.4 is 15.8 Å². The molecule has 3 rings (SSSR count). The fraction of sp³-hybridized carbons (Fsp3) is 0.105. The van der Waals surface area contributed by atoms with E-state index in [9.17, 15) is 14.4 Å². The maximum Gasteiger partial charge on any atom is 0.276 e. The molecule has 0 aliphatic heterocycles. The average molecular weight is 650 g/mol. The standard InChI is InChI=1S/C19H14Br3ClN6O3/c1-9(30)25-26-18(31)11-6-10(20)7-12(21)16(11)28(2)19(32)14-8-15(22)27-29(14)17-13(23)4-3-5-24-17/h3-8H,1-2H3,(H,25,30)(H,26,31). The summed E-state index contributed by atoms with van der Waals surface area (Å²) in [7, 11) is 1.51. The van der Waals surface area contributed by atoms with Crippen LogP contribution in [0.15, 0.2) is 50.1 Å². The molecule has 13 heteroatoms. The van der Waals surface area contributed by atoms with Gasteiger partial charge in [-0.25, -0.2) is 9.67 Å². The minimum atomic E-state index is -0.612. The van der Waals surface area contributed by atoms with Gasteiger partial charge < -0.3 is 4.90 Å². The Labute approximate surface area is 212 Å². The third kappa shape index (κ3) is 5.20. The van der Waals surface area contributed by atoms with E-state index in [2.05, 4.69) is 68.7 Å². The number of benzene rings is 1. The zero-order chi connectivity index (χ0) is 23.6. The van der Waals surface area contributed by atoms with Crippen molar-refractivity contribution in [2.45, 2.75) is 6.92 Å². The minimum absolute atomic E-state index is 0.136. The number of hydrogen-bond donors (Lipinski definition) is 2. The topological polar surface area (TPSA) is 109 Å². The van der Waals surface area contributed by atoms with Gasteiger partial charge in [-0.3, -0.25) is 25.2 Å². The lowest BCUT2D eigenvalue weighted by Crippen LogP contribution is -2.41. The Morgan fingerprint density at radius 3 is 2.50 bits per heavy atom. The molecular weight excluding hydrogens is 635 g/mol. The number of hydrazine groups is 1. The van der Waals surface area contributed by atoms with Gasteiger partial charge in [-0.05, 0) is 56.1 Å². The number of amides is 3. The number of anilines is 1. The molecule has 2 aromatic heterocycles. The smallest absolute Gasteiger partial charge is 0.276 e. The van der Waals surface area contributed by atoms with Crippen molar-refractivity contribution >= 4 is 82.8 Å². The second kappa shape index (κ2) is 10.1. The van der Waals surface area contributed by atoms with Crippen LogP contribution in [0.25, 0.3) is 5.82 Å². The Bertz CT molecular complexity index is 1230. The Morgan fingerprint density at radius 1 is 1.12 bits per heavy atom. The van der Waals surface area contributed by atoms with E-state index in [0.29, 0.717) is 18.6 Å². The maximum absolute atomic E-state index is 13.5. The predicted octanol–water partition coefficient (Wildman–Crippen LogP) is 4.27. The second-order valence-corrected chi connectivity index (χ2v) is 9.35. The first-order chi connectivity index (χ1) is 15.1. The second-order valence-electron chi connectivity index (χ2n) is 6.36. The monoisotopic (exact) mass is 646 g/mol. The third-order valence-corrected chi connectivity index (χ3v) is 5.85. The van der Waals surface area contributed by atoms with Crippen LogP contribution in [0.4, 0.5) is 5.69 Å². The Balaban J connectivity index is 2.07. The SMILES string of the molecule is CC(=O)NNC(=O)c1cc(Br)cc(Br)c1N(C)C(=O)c1cc(Br)nn1-c1ncccc1Cl. The number of nitrogens with one attached hydrogen (secondary N) is 2. The molecule has 0 radical (unpaired) electrons. The van der Waals surface area contributed by atoms with Gasteiger partial charge in [0.05, 0.1) is 16.3 Å². The van der Waals surface area contributed by atoms with Crippen LogP contribution in [-0.2, 0) is 4.79 Å². The highest BCUT2D eigenvalue weighted by atomic mass is 79.9. The van der Waals surface area contributed by atoms with Gasteiger partial charge in [-0.2, -0.15) is 5.10 Å². The van der Waals surface area contributed by atoms with Crippen LogP contribution >= 0.6 is 59.4 Å². The first-order valence-corrected chi connectivity index (χ1v) is 11.6. The van der Waals surface area contributed by atoms with Gasteiger partial charge in [0.15, 0.2) is 5.82 Å². The lowest BCUT2D eigenvalue weighted by Gasteiger charge is -2.22. The zero-order valence-corrected chi connectivity index (χ0v) is 22.0. The molecule has 2 heterocycles. The molecule has 0 bridgehead atoms. The van der Waals surface area contributed by atoms with Crippen molar-refractivity contribution in [2.75, 3.05) is 11.9 Å². The number of hydrogen-bond acceptors (Lipinski definition) is 5. The van der Waals surface area contributed by atoms with Crippen molar-refractivity contribution in [3.63, 3.8) is 0 Å². The van der Waals surface area contributed by atoms with Gasteiger partial charge in [-0.15, -0.1) is 0 Å². The van der Waals surface area contributed by atoms with E-state index in [0.717, 1.165) is 0 Å². The molecule has 166 valence electrons. The van der Waals surface area contributed by atoms with Crippen LogP contribution in [0.5, 0.6) is 0 Å². The molecule has 0 aliphatic rings. The molecule has 0 spiro atoms. The quantitative estimate of drug-likeness (QED) is 0.411. The highest BCUT2D eigenvalue weighted by Crippen LogP contribution is 2.34. The van der Waals surface area contributed by atoms with Crippen molar-refractivity contribution in [1.82, 2.24) is 25.6 Å². The molecule has 0 atom stereocenters. The minimum Gasteiger partial charge on any atom is -0.308 e. The molecule has 0 fully saturated rings. The summed E-state index contributed by atoms with van der Waals surface area (Å²) < 4.78 is 2.77. The van der Waals surface area contributed by atoms with Gasteiger partial charge in [0.2, 0.25) is 5.91 Å². The van der Waals surface area contributed by atoms with Gasteiger partial charge in [0, 0.05) is 35.2 Å². The molecule has 3 amide bonds. The lowest BCUT2D eigenvalue weighted by atomic mass is 10.1. The molecular formula is C19H14Br3ClN6O3. The van der Waals surface area contributed by atoms with Crippen LogP contribution in [0, 0.1) is 0 Å². The van der Waals surface area contributed by atoms with Crippen LogP contribution in [0.3, 0.4) is 0 Å². The van der Waals surface area contributed by atoms with E-state index in [1.165, 1.54) is 41.9 Å². The number of nitrogens with zero attached hydrogens (tertiary/aromatic N) is 4. The first-order valence-electron chi connectivity index (χ1n) is 8.80. The summed E-state index contributed by atoms with van der Waals surface area (Å²) in [6.07, 6.45) is 1.53. The van der Waals surface area contributed by atoms with Gasteiger partial charge in [-0.1, -0.05) is 27.5 Å². The fourth-order valence-electron chi connectivity index (χ4n) is 2.76. The summed E-state index contributed by atoms with van der Waals surface area (Å²) >= 11 is 16.3. The summed E-state index contributed by atoms with van der Waals surface area (Å²) in [5.74, 6) is -1.27. The predicted molar refractivity (Wildman–Crippen MR) is 130 cm³/mol. The summed E-state index contributed by atoms with van der Waals surface area (Å²) in [4.78, 5) is 42.9. The summed E-state index contributed by atoms with van der Waals surface area (Å²) in [6.45, 7) is 1.26. The Hall–Kier alpha value is -2.28. The Kier molecular flexibility index (Phi) is 7.70. The largest absolute Gasteiger partial charge is 0.308 e. The number of pyridine rings is 1. The normalized spacial score (nSPS) is 10.6. The maximum atomic E-state index is 13.5. The fourth-order valence-corrected chi connectivity index (χ4v) is 4.83. The van der Waals surface area contributed by atoms with E-state index in [-0.39, 0.29) is 22.8 Å². The van der Waals surface area contributed by atoms with Gasteiger partial charge in [0.25, 0.3) is 11.8 Å². The average Bonchev–Trinajstić information content (AvgIpc) is 3.12. The number of halogens is 4. The molecule has 0 unspecified atom stereocenters. The highest BCUT2D eigenvalue weighted by Gasteiger charge is 2.27. The zero-order valence-electron chi connectivity index (χ0n) is 16.5. The van der Waals surface area contributed by atoms with Crippen LogP contribution in [0.2, 0.25) is 5.02 Å². The lowest BCUT2D eigenvalue weighted by molar-refractivity contribution is -0.119. The Morgan fingerprint density at radius 2 is 1.84 bits per heavy atom. The molecule has 3 aromatic rings. The summed E-state index contributed by atoms with van der Waals surface area (Å²) in [6, 6.07) is 8.04. The summed E-state index contributed by atoms with van der Waals surface area (Å²) in [5.41, 5.74) is 5.11. The van der Waals surface area contributed by atoms with Crippen molar-refractivity contribution in [1.29, 1.82) is 0 Å². The number of carbonyl (C=O) groups excluding carboxylic acids is 3. The van der Waals surface area contributed by atoms with Crippen molar-refractivity contribution in [2.24, 2.45) is 0 Å². The number of aromatic nitrogens is 3. The van der Waals surface area contributed by atoms with Crippen molar-refractivity contribution in [3.8, 4) is 5.82 Å². The molecule has 0 saturated heterocycles. The molecule has 0 aliphatic carbocycles. The molecule has 1 aromatic carbocycles. The number of rotatable bonds is 4. The van der Waals surface area contributed by atoms with Crippen LogP contribution in [-0.4, -0.2) is 39.5 Å². The first kappa shape index (κ1) is 24.4. The molecule has 2 N–H and O–H groups in total. The highest BCUT2D eigenvalue weighted by molar-refractivity contribution is 9.11. The van der Waals surface area contributed by atoms with Crippen molar-refractivity contribution < 1.29 is 14.4 Å². The molecule has 32 heavy (non-hydrogen) atoms. The van der Waals surface area contributed by atoms with Gasteiger partial charge >= 0.3 is 0 Å². The van der Waals surface area contributed by atoms with Crippen LogP contribution in [0.1, 0.15) is 27.8 Å². The third-order valence-electron chi connectivity index (χ3n) is 4.10. The van der Waals surface area contributed by atoms with E-state index in [4.69, 9.17) is 11.6 Å². The molecule has 9 nitrogen and oxygen atoms in total.